The van der Waals surface area contributed by atoms with Crippen molar-refractivity contribution in [2.24, 2.45) is 10.9 Å². The first-order valence-corrected chi connectivity index (χ1v) is 12.8. The predicted molar refractivity (Wildman–Crippen MR) is 136 cm³/mol. The second kappa shape index (κ2) is 9.15. The molecule has 0 fully saturated rings. The highest BCUT2D eigenvalue weighted by Crippen LogP contribution is 2.42. The number of pyridine rings is 1. The van der Waals surface area contributed by atoms with Crippen LogP contribution in [0.3, 0.4) is 0 Å². The van der Waals surface area contributed by atoms with Crippen LogP contribution in [-0.2, 0) is 17.6 Å². The normalized spacial score (nSPS) is 15.6. The summed E-state index contributed by atoms with van der Waals surface area (Å²) in [4.78, 5) is 36.0. The average Bonchev–Trinajstić information content (AvgIpc) is 3.47. The molecule has 3 aromatic heterocycles. The Morgan fingerprint density at radius 3 is 2.88 bits per heavy atom. The van der Waals surface area contributed by atoms with Gasteiger partial charge in [0.15, 0.2) is 5.13 Å². The largest absolute Gasteiger partial charge is 0.494 e. The summed E-state index contributed by atoms with van der Waals surface area (Å²) < 4.78 is 6.54. The van der Waals surface area contributed by atoms with Crippen molar-refractivity contribution < 1.29 is 14.6 Å². The quantitative estimate of drug-likeness (QED) is 0.302. The van der Waals surface area contributed by atoms with E-state index in [2.05, 4.69) is 16.9 Å². The van der Waals surface area contributed by atoms with Crippen molar-refractivity contribution in [3.63, 3.8) is 0 Å². The van der Waals surface area contributed by atoms with E-state index in [-0.39, 0.29) is 24.0 Å². The fourth-order valence-corrected chi connectivity index (χ4v) is 6.34. The van der Waals surface area contributed by atoms with Crippen LogP contribution in [0.4, 0.5) is 5.00 Å². The Labute approximate surface area is 204 Å². The van der Waals surface area contributed by atoms with Crippen molar-refractivity contribution in [1.82, 2.24) is 9.55 Å². The number of thiazole rings is 1. The van der Waals surface area contributed by atoms with Crippen molar-refractivity contribution in [2.45, 2.75) is 33.1 Å². The first-order valence-electron chi connectivity index (χ1n) is 11.1. The van der Waals surface area contributed by atoms with Crippen molar-refractivity contribution in [2.75, 3.05) is 6.61 Å². The molecular weight excluding hydrogens is 470 g/mol. The maximum atomic E-state index is 13.1. The van der Waals surface area contributed by atoms with Crippen LogP contribution in [0.25, 0.3) is 15.9 Å². The number of aromatic nitrogens is 2. The second-order valence-corrected chi connectivity index (χ2v) is 10.2. The molecule has 0 amide bonds. The molecule has 1 atom stereocenters. The topological polar surface area (TPSA) is 93.8 Å². The number of fused-ring (bicyclic) bond motifs is 2. The third-order valence-electron chi connectivity index (χ3n) is 6.00. The van der Waals surface area contributed by atoms with Gasteiger partial charge in [0.1, 0.15) is 5.00 Å². The third kappa shape index (κ3) is 3.84. The van der Waals surface area contributed by atoms with Crippen LogP contribution in [0, 0.1) is 5.92 Å². The number of hydrogen-bond donors (Lipinski definition) is 1. The number of carbonyl (C=O) groups is 1. The number of hydrogen-bond acceptors (Lipinski definition) is 8. The van der Waals surface area contributed by atoms with Crippen molar-refractivity contribution in [3.8, 4) is 11.0 Å². The lowest BCUT2D eigenvalue weighted by Crippen LogP contribution is -2.19. The average molecular weight is 494 g/mol. The minimum atomic E-state index is -0.372. The van der Waals surface area contributed by atoms with Crippen LogP contribution in [0.15, 0.2) is 45.6 Å². The predicted octanol–water partition coefficient (Wildman–Crippen LogP) is 5.27. The van der Waals surface area contributed by atoms with E-state index in [9.17, 15) is 14.7 Å². The number of benzene rings is 1. The molecule has 5 rings (SSSR count). The first-order chi connectivity index (χ1) is 16.5. The molecule has 0 unspecified atom stereocenters. The summed E-state index contributed by atoms with van der Waals surface area (Å²) in [5.74, 6) is -0.0635. The molecule has 1 N–H and O–H groups in total. The van der Waals surface area contributed by atoms with Crippen LogP contribution in [0.1, 0.15) is 46.6 Å². The Morgan fingerprint density at radius 2 is 2.15 bits per heavy atom. The Balaban J connectivity index is 1.69. The van der Waals surface area contributed by atoms with Crippen LogP contribution in [0.2, 0.25) is 0 Å². The molecule has 4 aromatic rings. The lowest BCUT2D eigenvalue weighted by Gasteiger charge is -2.18. The van der Waals surface area contributed by atoms with E-state index in [1.165, 1.54) is 33.5 Å². The molecular formula is C25H23N3O4S2. The van der Waals surface area contributed by atoms with E-state index < -0.39 is 0 Å². The highest BCUT2D eigenvalue weighted by atomic mass is 32.1. The first kappa shape index (κ1) is 22.5. The number of carbonyl (C=O) groups excluding carboxylic acids is 1. The van der Waals surface area contributed by atoms with Crippen LogP contribution in [0.5, 0.6) is 5.88 Å². The number of aliphatic imine (C=N–C) groups is 1. The van der Waals surface area contributed by atoms with E-state index in [4.69, 9.17) is 4.74 Å². The molecule has 0 saturated heterocycles. The molecule has 7 nitrogen and oxygen atoms in total. The number of thiophene rings is 1. The highest BCUT2D eigenvalue weighted by molar-refractivity contribution is 7.16. The number of esters is 1. The lowest BCUT2D eigenvalue weighted by atomic mass is 9.88. The van der Waals surface area contributed by atoms with Gasteiger partial charge < -0.3 is 9.84 Å². The molecule has 174 valence electrons. The number of aromatic hydroxyl groups is 1. The van der Waals surface area contributed by atoms with Gasteiger partial charge >= 0.3 is 5.97 Å². The molecule has 0 aliphatic heterocycles. The Morgan fingerprint density at radius 1 is 1.35 bits per heavy atom. The molecule has 0 radical (unpaired) electrons. The Kier molecular flexibility index (Phi) is 6.05. The van der Waals surface area contributed by atoms with Gasteiger partial charge in [0.05, 0.1) is 17.7 Å². The zero-order chi connectivity index (χ0) is 23.8. The van der Waals surface area contributed by atoms with Gasteiger partial charge in [-0.3, -0.25) is 4.79 Å². The summed E-state index contributed by atoms with van der Waals surface area (Å²) in [6, 6.07) is 7.08. The van der Waals surface area contributed by atoms with Crippen molar-refractivity contribution in [3.05, 3.63) is 67.8 Å². The standard InChI is InChI=1S/C25H23N3O4S2/c1-3-32-24(31)20-17-9-8-14(2)12-19(17)34-21(20)27-13-18-15-6-4-5-7-16(15)22(29)28(23(18)30)25-26-10-11-33-25/h4-7,10-11,13-14,30H,3,8-9,12H2,1-2H3/t14-/m0/s1. The van der Waals surface area contributed by atoms with Gasteiger partial charge in [0, 0.05) is 33.4 Å². The highest BCUT2D eigenvalue weighted by Gasteiger charge is 2.28. The zero-order valence-electron chi connectivity index (χ0n) is 18.8. The van der Waals surface area contributed by atoms with Gasteiger partial charge in [0.25, 0.3) is 5.56 Å². The fourth-order valence-electron chi connectivity index (χ4n) is 4.36. The van der Waals surface area contributed by atoms with E-state index >= 15 is 0 Å². The van der Waals surface area contributed by atoms with Gasteiger partial charge in [-0.2, -0.15) is 0 Å². The minimum absolute atomic E-state index is 0.241. The van der Waals surface area contributed by atoms with Crippen LogP contribution in [-0.4, -0.2) is 33.4 Å². The summed E-state index contributed by atoms with van der Waals surface area (Å²) in [6.45, 7) is 4.28. The van der Waals surface area contributed by atoms with E-state index in [1.54, 1.807) is 36.7 Å². The summed E-state index contributed by atoms with van der Waals surface area (Å²) >= 11 is 2.75. The minimum Gasteiger partial charge on any atom is -0.494 e. The Hall–Kier alpha value is -3.30. The number of nitrogens with zero attached hydrogens (tertiary/aromatic N) is 3. The zero-order valence-corrected chi connectivity index (χ0v) is 20.4. The molecule has 1 aliphatic carbocycles. The summed E-state index contributed by atoms with van der Waals surface area (Å²) in [7, 11) is 0. The van der Waals surface area contributed by atoms with Gasteiger partial charge in [-0.25, -0.2) is 19.3 Å². The molecule has 3 heterocycles. The van der Waals surface area contributed by atoms with Gasteiger partial charge in [-0.15, -0.1) is 22.7 Å². The number of rotatable bonds is 5. The monoisotopic (exact) mass is 493 g/mol. The maximum absolute atomic E-state index is 13.1. The van der Waals surface area contributed by atoms with Gasteiger partial charge in [-0.1, -0.05) is 25.1 Å². The molecule has 0 saturated carbocycles. The number of ether oxygens (including phenoxy) is 1. The fraction of sp³-hybridized carbons (Fsp3) is 0.280. The van der Waals surface area contributed by atoms with Crippen LogP contribution < -0.4 is 5.56 Å². The molecule has 1 aromatic carbocycles. The lowest BCUT2D eigenvalue weighted by molar-refractivity contribution is 0.0526. The smallest absolute Gasteiger partial charge is 0.341 e. The van der Waals surface area contributed by atoms with Crippen LogP contribution >= 0.6 is 22.7 Å². The molecule has 34 heavy (non-hydrogen) atoms. The maximum Gasteiger partial charge on any atom is 0.341 e. The summed E-state index contributed by atoms with van der Waals surface area (Å²) in [6.07, 6.45) is 5.86. The van der Waals surface area contributed by atoms with E-state index in [1.807, 2.05) is 6.07 Å². The second-order valence-electron chi connectivity index (χ2n) is 8.25. The SMILES string of the molecule is CCOC(=O)c1c(N=Cc2c(O)n(-c3nccs3)c(=O)c3ccccc23)sc2c1CC[C@H](C)C2. The van der Waals surface area contributed by atoms with E-state index in [0.29, 0.717) is 37.9 Å². The van der Waals surface area contributed by atoms with Gasteiger partial charge in [-0.05, 0) is 43.7 Å². The molecule has 0 spiro atoms. The van der Waals surface area contributed by atoms with E-state index in [0.717, 1.165) is 29.7 Å². The molecule has 0 bridgehead atoms. The van der Waals surface area contributed by atoms with Crippen molar-refractivity contribution in [1.29, 1.82) is 0 Å². The van der Waals surface area contributed by atoms with Gasteiger partial charge in [0.2, 0.25) is 5.88 Å². The summed E-state index contributed by atoms with van der Waals surface area (Å²) in [5, 5.41) is 14.8. The molecule has 1 aliphatic rings. The Bertz CT molecular complexity index is 1470. The molecule has 9 heteroatoms. The van der Waals surface area contributed by atoms with Crippen molar-refractivity contribution >= 4 is 50.6 Å². The third-order valence-corrected chi connectivity index (χ3v) is 7.92. The summed E-state index contributed by atoms with van der Waals surface area (Å²) in [5.41, 5.74) is 1.57.